The lowest BCUT2D eigenvalue weighted by Crippen LogP contribution is -2.30. The Kier molecular flexibility index (Phi) is 12.6. The molecule has 0 heterocycles. The third kappa shape index (κ3) is 9.53. The van der Waals surface area contributed by atoms with Crippen molar-refractivity contribution in [2.24, 2.45) is 17.8 Å². The Balaban J connectivity index is 1.19. The van der Waals surface area contributed by atoms with Gasteiger partial charge in [0.1, 0.15) is 17.2 Å². The van der Waals surface area contributed by atoms with Crippen molar-refractivity contribution in [1.82, 2.24) is 0 Å². The summed E-state index contributed by atoms with van der Waals surface area (Å²) in [5.74, 6) is 1.18. The number of hydrogen-bond donors (Lipinski definition) is 1. The van der Waals surface area contributed by atoms with Gasteiger partial charge < -0.3 is 24.4 Å². The molecule has 2 aliphatic carbocycles. The first kappa shape index (κ1) is 33.0. The minimum Gasteiger partial charge on any atom is -0.493 e. The fraction of sp³-hybridized carbons (Fsp3) is 0.500. The van der Waals surface area contributed by atoms with E-state index in [1.807, 2.05) is 12.1 Å². The number of rotatable bonds is 14. The van der Waals surface area contributed by atoms with E-state index in [2.05, 4.69) is 19.6 Å². The number of hydrogen-bond acceptors (Lipinski definition) is 8. The van der Waals surface area contributed by atoms with Crippen molar-refractivity contribution in [3.8, 4) is 17.2 Å². The molecule has 0 spiro atoms. The number of esters is 3. The maximum Gasteiger partial charge on any atom is 0.330 e. The topological polar surface area (TPSA) is 112 Å². The molecule has 8 heteroatoms. The monoisotopic (exact) mass is 603 g/mol. The van der Waals surface area contributed by atoms with E-state index in [9.17, 15) is 14.4 Å². The maximum absolute atomic E-state index is 13.0. The zero-order chi connectivity index (χ0) is 31.3. The molecule has 0 atom stereocenters. The first-order valence-corrected chi connectivity index (χ1v) is 16.0. The van der Waals surface area contributed by atoms with Crippen molar-refractivity contribution < 1.29 is 33.3 Å². The highest BCUT2D eigenvalue weighted by Crippen LogP contribution is 2.39. The molecular weight excluding hydrogens is 558 g/mol. The van der Waals surface area contributed by atoms with E-state index in [-0.39, 0.29) is 30.4 Å². The van der Waals surface area contributed by atoms with Gasteiger partial charge >= 0.3 is 17.9 Å². The highest BCUT2D eigenvalue weighted by atomic mass is 16.5. The fourth-order valence-corrected chi connectivity index (χ4v) is 6.26. The third-order valence-corrected chi connectivity index (χ3v) is 8.82. The Morgan fingerprint density at radius 3 is 2.09 bits per heavy atom. The summed E-state index contributed by atoms with van der Waals surface area (Å²) in [5, 5.41) is 7.92. The first-order valence-electron chi connectivity index (χ1n) is 16.0. The summed E-state index contributed by atoms with van der Waals surface area (Å²) >= 11 is 0. The number of ether oxygens (including phenoxy) is 4. The molecule has 2 fully saturated rings. The van der Waals surface area contributed by atoms with E-state index in [4.69, 9.17) is 24.4 Å². The normalized spacial score (nSPS) is 21.5. The van der Waals surface area contributed by atoms with Gasteiger partial charge in [-0.2, -0.15) is 0 Å². The van der Waals surface area contributed by atoms with Crippen molar-refractivity contribution in [1.29, 1.82) is 5.41 Å². The molecule has 0 aliphatic heterocycles. The molecule has 2 saturated carbocycles. The van der Waals surface area contributed by atoms with Crippen LogP contribution >= 0.6 is 0 Å². The van der Waals surface area contributed by atoms with E-state index in [0.717, 1.165) is 12.0 Å². The Hall–Kier alpha value is -3.94. The van der Waals surface area contributed by atoms with Crippen LogP contribution in [-0.2, 0) is 19.1 Å². The van der Waals surface area contributed by atoms with E-state index in [1.54, 1.807) is 24.3 Å². The summed E-state index contributed by atoms with van der Waals surface area (Å²) in [7, 11) is 0. The predicted octanol–water partition coefficient (Wildman–Crippen LogP) is 7.57. The Morgan fingerprint density at radius 2 is 1.48 bits per heavy atom. The van der Waals surface area contributed by atoms with Gasteiger partial charge in [0.25, 0.3) is 0 Å². The molecule has 44 heavy (non-hydrogen) atoms. The SMILES string of the molecule is C=CC(=O)OCCCOc1ccc(OC(=O)C2CCC(C(=O)Oc3ccc(C4CCC(CCC)CC4)cc3C=N)CC2)cc1. The lowest BCUT2D eigenvalue weighted by atomic mass is 9.77. The van der Waals surface area contributed by atoms with E-state index in [0.29, 0.717) is 67.4 Å². The summed E-state index contributed by atoms with van der Waals surface area (Å²) in [6.07, 6.45) is 12.5. The fourth-order valence-electron chi connectivity index (χ4n) is 6.26. The van der Waals surface area contributed by atoms with Crippen LogP contribution in [0.4, 0.5) is 0 Å². The number of carbonyl (C=O) groups excluding carboxylic acids is 3. The van der Waals surface area contributed by atoms with Gasteiger partial charge in [-0.15, -0.1) is 0 Å². The minimum atomic E-state index is -0.461. The molecule has 0 saturated heterocycles. The molecule has 2 aromatic carbocycles. The predicted molar refractivity (Wildman–Crippen MR) is 168 cm³/mol. The molecule has 8 nitrogen and oxygen atoms in total. The molecular formula is C36H45NO7. The summed E-state index contributed by atoms with van der Waals surface area (Å²) in [4.78, 5) is 36.9. The van der Waals surface area contributed by atoms with Crippen molar-refractivity contribution in [2.75, 3.05) is 13.2 Å². The molecule has 236 valence electrons. The molecule has 4 rings (SSSR count). The van der Waals surface area contributed by atoms with Crippen LogP contribution in [0.15, 0.2) is 55.1 Å². The molecule has 0 radical (unpaired) electrons. The molecule has 2 aliphatic rings. The zero-order valence-corrected chi connectivity index (χ0v) is 25.8. The Bertz CT molecular complexity index is 1270. The van der Waals surface area contributed by atoms with Gasteiger partial charge in [0.05, 0.1) is 25.0 Å². The minimum absolute atomic E-state index is 0.248. The van der Waals surface area contributed by atoms with Gasteiger partial charge in [-0.1, -0.05) is 32.4 Å². The summed E-state index contributed by atoms with van der Waals surface area (Å²) in [6.45, 7) is 6.22. The van der Waals surface area contributed by atoms with E-state index < -0.39 is 5.97 Å². The summed E-state index contributed by atoms with van der Waals surface area (Å²) in [6, 6.07) is 12.7. The van der Waals surface area contributed by atoms with Crippen LogP contribution < -0.4 is 14.2 Å². The zero-order valence-electron chi connectivity index (χ0n) is 25.8. The lowest BCUT2D eigenvalue weighted by molar-refractivity contribution is -0.145. The standard InChI is InChI=1S/C36H45NO7/c1-3-6-25-7-9-26(10-8-25)29-15-20-33(30(23-29)24-37)44-36(40)28-13-11-27(12-14-28)35(39)43-32-18-16-31(17-19-32)41-21-5-22-42-34(38)4-2/h4,15-20,23-28,37H,2-3,5-14,21-22H2,1H3. The van der Waals surface area contributed by atoms with Crippen LogP contribution in [0.1, 0.15) is 94.6 Å². The van der Waals surface area contributed by atoms with Gasteiger partial charge in [-0.25, -0.2) is 4.79 Å². The van der Waals surface area contributed by atoms with Gasteiger partial charge in [0, 0.05) is 24.3 Å². The Morgan fingerprint density at radius 1 is 0.841 bits per heavy atom. The molecule has 0 bridgehead atoms. The van der Waals surface area contributed by atoms with Crippen molar-refractivity contribution >= 4 is 24.1 Å². The van der Waals surface area contributed by atoms with E-state index in [1.165, 1.54) is 50.3 Å². The molecule has 0 aromatic heterocycles. The van der Waals surface area contributed by atoms with Gasteiger partial charge in [0.15, 0.2) is 0 Å². The quantitative estimate of drug-likeness (QED) is 0.0779. The highest BCUT2D eigenvalue weighted by Gasteiger charge is 2.32. The smallest absolute Gasteiger partial charge is 0.330 e. The highest BCUT2D eigenvalue weighted by molar-refractivity contribution is 5.85. The largest absolute Gasteiger partial charge is 0.493 e. The second kappa shape index (κ2) is 16.8. The second-order valence-electron chi connectivity index (χ2n) is 11.9. The molecule has 0 amide bonds. The van der Waals surface area contributed by atoms with Crippen LogP contribution in [0.5, 0.6) is 17.2 Å². The van der Waals surface area contributed by atoms with Crippen molar-refractivity contribution in [2.45, 2.75) is 83.5 Å². The van der Waals surface area contributed by atoms with Crippen LogP contribution in [0.2, 0.25) is 0 Å². The van der Waals surface area contributed by atoms with Crippen LogP contribution in [0.3, 0.4) is 0 Å². The van der Waals surface area contributed by atoms with Gasteiger partial charge in [0.2, 0.25) is 0 Å². The van der Waals surface area contributed by atoms with Crippen LogP contribution in [-0.4, -0.2) is 37.3 Å². The average molecular weight is 604 g/mol. The van der Waals surface area contributed by atoms with Crippen LogP contribution in [0.25, 0.3) is 0 Å². The number of carbonyl (C=O) groups is 3. The number of benzene rings is 2. The summed E-state index contributed by atoms with van der Waals surface area (Å²) in [5.41, 5.74) is 1.86. The van der Waals surface area contributed by atoms with Crippen molar-refractivity contribution in [3.63, 3.8) is 0 Å². The molecule has 1 N–H and O–H groups in total. The van der Waals surface area contributed by atoms with E-state index >= 15 is 0 Å². The van der Waals surface area contributed by atoms with Gasteiger partial charge in [-0.05, 0) is 105 Å². The van der Waals surface area contributed by atoms with Crippen molar-refractivity contribution in [3.05, 3.63) is 66.2 Å². The average Bonchev–Trinajstić information content (AvgIpc) is 3.06. The lowest BCUT2D eigenvalue weighted by Gasteiger charge is -2.29. The summed E-state index contributed by atoms with van der Waals surface area (Å²) < 4.78 is 21.9. The Labute approximate surface area is 260 Å². The molecule has 2 aromatic rings. The first-order chi connectivity index (χ1) is 21.4. The van der Waals surface area contributed by atoms with Crippen LogP contribution in [0, 0.1) is 23.2 Å². The maximum atomic E-state index is 13.0. The molecule has 0 unspecified atom stereocenters. The third-order valence-electron chi connectivity index (χ3n) is 8.82. The second-order valence-corrected chi connectivity index (χ2v) is 11.9. The number of nitrogens with one attached hydrogen (secondary N) is 1. The van der Waals surface area contributed by atoms with Gasteiger partial charge in [-0.3, -0.25) is 9.59 Å².